The Balaban J connectivity index is 2.35. The van der Waals surface area contributed by atoms with E-state index in [0.717, 1.165) is 32.7 Å². The Morgan fingerprint density at radius 3 is 2.58 bits per heavy atom. The zero-order chi connectivity index (χ0) is 13.4. The third-order valence-electron chi connectivity index (χ3n) is 3.05. The van der Waals surface area contributed by atoms with Crippen molar-refractivity contribution in [3.8, 4) is 16.3 Å². The van der Waals surface area contributed by atoms with E-state index in [0.29, 0.717) is 0 Å². The lowest BCUT2D eigenvalue weighted by Gasteiger charge is -2.00. The minimum atomic E-state index is 0.858. The summed E-state index contributed by atoms with van der Waals surface area (Å²) in [6.45, 7) is 4.09. The highest BCUT2D eigenvalue weighted by molar-refractivity contribution is 7.20. The van der Waals surface area contributed by atoms with E-state index in [1.165, 1.54) is 0 Å². The summed E-state index contributed by atoms with van der Waals surface area (Å²) in [5.74, 6) is 0.858. The Hall–Kier alpha value is -1.94. The van der Waals surface area contributed by atoms with Crippen molar-refractivity contribution < 1.29 is 9.14 Å². The Morgan fingerprint density at radius 2 is 1.89 bits per heavy atom. The van der Waals surface area contributed by atoms with Crippen molar-refractivity contribution in [2.75, 3.05) is 7.11 Å². The molecule has 0 amide bonds. The van der Waals surface area contributed by atoms with Crippen LogP contribution in [0.1, 0.15) is 11.4 Å². The van der Waals surface area contributed by atoms with Crippen LogP contribution in [0.4, 0.5) is 0 Å². The minimum absolute atomic E-state index is 0.858. The summed E-state index contributed by atoms with van der Waals surface area (Å²) < 4.78 is 7.68. The van der Waals surface area contributed by atoms with Gasteiger partial charge in [-0.05, 0) is 28.8 Å². The number of fused-ring (bicyclic) bond motifs is 1. The summed E-state index contributed by atoms with van der Waals surface area (Å²) in [7, 11) is 1.71. The number of aryl methyl sites for hydroxylation is 2. The zero-order valence-electron chi connectivity index (χ0n) is 11.2. The molecule has 3 aromatic rings. The lowest BCUT2D eigenvalue weighted by molar-refractivity contribution is -0.526. The number of methoxy groups -OCH3 is 1. The number of nitrogens with zero attached hydrogens (tertiary/aromatic N) is 2. The molecule has 0 fully saturated rings. The predicted molar refractivity (Wildman–Crippen MR) is 76.7 cm³/mol. The monoisotopic (exact) mass is 271 g/mol. The molecule has 0 aliphatic heterocycles. The third-order valence-corrected chi connectivity index (χ3v) is 4.12. The molecule has 0 saturated heterocycles. The van der Waals surface area contributed by atoms with Crippen LogP contribution in [0.25, 0.3) is 15.4 Å². The number of benzene rings is 1. The van der Waals surface area contributed by atoms with E-state index in [1.807, 2.05) is 25.1 Å². The second kappa shape index (κ2) is 4.63. The van der Waals surface area contributed by atoms with Gasteiger partial charge in [0.15, 0.2) is 5.69 Å². The molecule has 0 spiro atoms. The van der Waals surface area contributed by atoms with Gasteiger partial charge in [0.2, 0.25) is 0 Å². The smallest absolute Gasteiger partial charge is 0.391 e. The quantitative estimate of drug-likeness (QED) is 0.669. The molecule has 0 aliphatic carbocycles. The molecule has 2 heterocycles. The second-order valence-electron chi connectivity index (χ2n) is 4.46. The van der Waals surface area contributed by atoms with E-state index in [1.54, 1.807) is 18.4 Å². The van der Waals surface area contributed by atoms with E-state index >= 15 is 0 Å². The molecule has 4 heteroatoms. The number of aromatic nitrogens is 2. The van der Waals surface area contributed by atoms with Gasteiger partial charge in [-0.15, -0.1) is 0 Å². The average Bonchev–Trinajstić information content (AvgIpc) is 2.78. The molecule has 0 N–H and O–H groups in total. The standard InChI is InChI=1S/C15H15N2OS/c1-10-9-11(2)17-14(18-3)13(19-15(17)16-10)12-7-5-4-6-8-12/h4-9H,1-3H3/q+1. The minimum Gasteiger partial charge on any atom is -0.464 e. The molecular weight excluding hydrogens is 256 g/mol. The number of hydrogen-bond acceptors (Lipinski definition) is 3. The number of thiazole rings is 1. The molecule has 3 rings (SSSR count). The topological polar surface area (TPSA) is 26.2 Å². The first-order chi connectivity index (χ1) is 9.20. The highest BCUT2D eigenvalue weighted by atomic mass is 32.1. The molecule has 2 aromatic heterocycles. The van der Waals surface area contributed by atoms with Gasteiger partial charge < -0.3 is 4.74 Å². The van der Waals surface area contributed by atoms with Crippen LogP contribution in [0.2, 0.25) is 0 Å². The third kappa shape index (κ3) is 1.98. The summed E-state index contributed by atoms with van der Waals surface area (Å²) in [4.78, 5) is 6.67. The van der Waals surface area contributed by atoms with Gasteiger partial charge in [-0.25, -0.2) is 0 Å². The lowest BCUT2D eigenvalue weighted by atomic mass is 10.2. The molecule has 0 saturated carbocycles. The van der Waals surface area contributed by atoms with Gasteiger partial charge in [0, 0.05) is 13.0 Å². The Bertz CT molecular complexity index is 735. The first-order valence-corrected chi connectivity index (χ1v) is 6.94. The fraction of sp³-hybridized carbons (Fsp3) is 0.200. The summed E-state index contributed by atoms with van der Waals surface area (Å²) in [5.41, 5.74) is 3.32. The number of rotatable bonds is 2. The van der Waals surface area contributed by atoms with Gasteiger partial charge in [0.1, 0.15) is 10.6 Å². The van der Waals surface area contributed by atoms with Gasteiger partial charge in [-0.1, -0.05) is 30.3 Å². The highest BCUT2D eigenvalue weighted by Crippen LogP contribution is 2.34. The summed E-state index contributed by atoms with van der Waals surface area (Å²) >= 11 is 1.66. The second-order valence-corrected chi connectivity index (χ2v) is 5.44. The summed E-state index contributed by atoms with van der Waals surface area (Å²) in [5, 5.41) is 0. The van der Waals surface area contributed by atoms with Crippen LogP contribution in [0.3, 0.4) is 0 Å². The van der Waals surface area contributed by atoms with Crippen molar-refractivity contribution in [3.63, 3.8) is 0 Å². The zero-order valence-corrected chi connectivity index (χ0v) is 12.0. The van der Waals surface area contributed by atoms with E-state index in [4.69, 9.17) is 4.74 Å². The maximum absolute atomic E-state index is 5.61. The average molecular weight is 271 g/mol. The van der Waals surface area contributed by atoms with Crippen LogP contribution in [-0.2, 0) is 0 Å². The molecule has 96 valence electrons. The fourth-order valence-electron chi connectivity index (χ4n) is 2.26. The van der Waals surface area contributed by atoms with Gasteiger partial charge in [-0.2, -0.15) is 4.40 Å². The predicted octanol–water partition coefficient (Wildman–Crippen LogP) is 3.17. The first kappa shape index (κ1) is 12.1. The Labute approximate surface area is 116 Å². The molecule has 19 heavy (non-hydrogen) atoms. The molecule has 0 atom stereocenters. The van der Waals surface area contributed by atoms with Crippen LogP contribution in [0.5, 0.6) is 5.88 Å². The van der Waals surface area contributed by atoms with Gasteiger partial charge in [0.25, 0.3) is 0 Å². The first-order valence-electron chi connectivity index (χ1n) is 6.13. The Morgan fingerprint density at radius 1 is 1.16 bits per heavy atom. The van der Waals surface area contributed by atoms with Gasteiger partial charge >= 0.3 is 10.8 Å². The molecule has 0 radical (unpaired) electrons. The van der Waals surface area contributed by atoms with Crippen LogP contribution in [0.15, 0.2) is 36.4 Å². The van der Waals surface area contributed by atoms with E-state index in [9.17, 15) is 0 Å². The molecule has 3 nitrogen and oxygen atoms in total. The van der Waals surface area contributed by atoms with Gasteiger partial charge in [-0.3, -0.25) is 0 Å². The van der Waals surface area contributed by atoms with Crippen molar-refractivity contribution in [1.82, 2.24) is 4.98 Å². The van der Waals surface area contributed by atoms with Crippen LogP contribution in [-0.4, -0.2) is 12.1 Å². The lowest BCUT2D eigenvalue weighted by Crippen LogP contribution is -2.26. The molecular formula is C15H15N2OS+. The number of hydrogen-bond donors (Lipinski definition) is 0. The van der Waals surface area contributed by atoms with Crippen molar-refractivity contribution in [2.24, 2.45) is 0 Å². The van der Waals surface area contributed by atoms with E-state index in [2.05, 4.69) is 34.5 Å². The molecule has 1 aromatic carbocycles. The molecule has 0 bridgehead atoms. The number of ether oxygens (including phenoxy) is 1. The normalized spacial score (nSPS) is 10.9. The van der Waals surface area contributed by atoms with Crippen molar-refractivity contribution in [2.45, 2.75) is 13.8 Å². The van der Waals surface area contributed by atoms with Crippen LogP contribution >= 0.6 is 11.3 Å². The summed E-state index contributed by atoms with van der Waals surface area (Å²) in [6, 6.07) is 12.3. The van der Waals surface area contributed by atoms with Crippen LogP contribution < -0.4 is 9.14 Å². The maximum atomic E-state index is 5.61. The Kier molecular flexibility index (Phi) is 2.95. The SMILES string of the molecule is COc1c(-c2ccccc2)sc2nc(C)cc(C)[n+]12. The fourth-order valence-corrected chi connectivity index (χ4v) is 3.47. The van der Waals surface area contributed by atoms with Crippen molar-refractivity contribution in [3.05, 3.63) is 47.8 Å². The largest absolute Gasteiger partial charge is 0.464 e. The molecule has 0 aliphatic rings. The molecule has 0 unspecified atom stereocenters. The highest BCUT2D eigenvalue weighted by Gasteiger charge is 2.24. The maximum Gasteiger partial charge on any atom is 0.391 e. The van der Waals surface area contributed by atoms with E-state index < -0.39 is 0 Å². The summed E-state index contributed by atoms with van der Waals surface area (Å²) in [6.07, 6.45) is 0. The van der Waals surface area contributed by atoms with Gasteiger partial charge in [0.05, 0.1) is 7.11 Å². The van der Waals surface area contributed by atoms with Crippen molar-refractivity contribution in [1.29, 1.82) is 0 Å². The van der Waals surface area contributed by atoms with E-state index in [-0.39, 0.29) is 0 Å². The van der Waals surface area contributed by atoms with Crippen LogP contribution in [0, 0.1) is 13.8 Å². The van der Waals surface area contributed by atoms with Crippen molar-refractivity contribution >= 4 is 16.3 Å².